The van der Waals surface area contributed by atoms with Gasteiger partial charge in [0.2, 0.25) is 0 Å². The molecule has 0 aliphatic rings. The monoisotopic (exact) mass is 429 g/mol. The summed E-state index contributed by atoms with van der Waals surface area (Å²) in [4.78, 5) is 24.2. The molecule has 0 saturated heterocycles. The third-order valence-corrected chi connectivity index (χ3v) is 5.02. The third kappa shape index (κ3) is 5.20. The average Bonchev–Trinajstić information content (AvgIpc) is 2.73. The smallest absolute Gasteiger partial charge is 0.336 e. The fourth-order valence-electron chi connectivity index (χ4n) is 3.17. The Kier molecular flexibility index (Phi) is 7.13. The lowest BCUT2D eigenvalue weighted by atomic mass is 10.1. The summed E-state index contributed by atoms with van der Waals surface area (Å²) in [6, 6.07) is 13.7. The summed E-state index contributed by atoms with van der Waals surface area (Å²) in [5.74, 6) is -0.158. The van der Waals surface area contributed by atoms with E-state index in [0.717, 1.165) is 23.8 Å². The van der Waals surface area contributed by atoms with Gasteiger partial charge in [0.05, 0.1) is 11.1 Å². The van der Waals surface area contributed by atoms with E-state index in [4.69, 9.17) is 20.8 Å². The van der Waals surface area contributed by atoms with Crippen LogP contribution in [0.5, 0.6) is 5.75 Å². The first-order valence-electron chi connectivity index (χ1n) is 9.82. The minimum atomic E-state index is -0.867. The Labute approximate surface area is 179 Å². The van der Waals surface area contributed by atoms with Gasteiger partial charge >= 0.3 is 5.63 Å². The highest BCUT2D eigenvalue weighted by molar-refractivity contribution is 6.32. The highest BCUT2D eigenvalue weighted by Crippen LogP contribution is 2.32. The molecule has 0 radical (unpaired) electrons. The number of ether oxygens (including phenoxy) is 1. The van der Waals surface area contributed by atoms with E-state index < -0.39 is 23.7 Å². The van der Waals surface area contributed by atoms with E-state index >= 15 is 0 Å². The minimum Gasteiger partial charge on any atom is -0.479 e. The number of aliphatic hydroxyl groups excluding tert-OH is 1. The molecule has 158 valence electrons. The lowest BCUT2D eigenvalue weighted by Crippen LogP contribution is -2.38. The summed E-state index contributed by atoms with van der Waals surface area (Å²) in [5.41, 5.74) is 1.48. The second-order valence-corrected chi connectivity index (χ2v) is 7.46. The Bertz CT molecular complexity index is 1080. The molecule has 0 fully saturated rings. The Morgan fingerprint density at radius 2 is 1.97 bits per heavy atom. The molecule has 3 rings (SSSR count). The van der Waals surface area contributed by atoms with Crippen LogP contribution in [0, 0.1) is 0 Å². The molecule has 30 heavy (non-hydrogen) atoms. The molecule has 2 aromatic carbocycles. The van der Waals surface area contributed by atoms with E-state index in [1.165, 1.54) is 12.1 Å². The number of fused-ring (bicyclic) bond motifs is 1. The number of hydrogen-bond acceptors (Lipinski definition) is 5. The quantitative estimate of drug-likeness (QED) is 0.528. The highest BCUT2D eigenvalue weighted by Gasteiger charge is 2.19. The predicted molar refractivity (Wildman–Crippen MR) is 116 cm³/mol. The zero-order valence-corrected chi connectivity index (χ0v) is 17.6. The molecule has 6 nitrogen and oxygen atoms in total. The number of amides is 1. The Morgan fingerprint density at radius 1 is 1.23 bits per heavy atom. The van der Waals surface area contributed by atoms with Crippen molar-refractivity contribution in [3.05, 3.63) is 75.1 Å². The number of rotatable bonds is 8. The fraction of sp³-hybridized carbons (Fsp3) is 0.304. The maximum atomic E-state index is 12.4. The molecule has 2 N–H and O–H groups in total. The van der Waals surface area contributed by atoms with E-state index in [9.17, 15) is 14.7 Å². The van der Waals surface area contributed by atoms with Crippen molar-refractivity contribution in [3.8, 4) is 5.75 Å². The van der Waals surface area contributed by atoms with Crippen LogP contribution in [0.1, 0.15) is 37.5 Å². The van der Waals surface area contributed by atoms with Gasteiger partial charge in [-0.25, -0.2) is 4.79 Å². The van der Waals surface area contributed by atoms with Gasteiger partial charge < -0.3 is 19.6 Å². The number of nitrogens with one attached hydrogen (secondary N) is 1. The topological polar surface area (TPSA) is 88.8 Å². The lowest BCUT2D eigenvalue weighted by Gasteiger charge is -2.18. The first-order valence-corrected chi connectivity index (χ1v) is 10.2. The van der Waals surface area contributed by atoms with E-state index in [1.807, 2.05) is 25.1 Å². The van der Waals surface area contributed by atoms with Crippen LogP contribution >= 0.6 is 11.6 Å². The largest absolute Gasteiger partial charge is 0.479 e. The number of aliphatic hydroxyl groups is 1. The normalized spacial score (nSPS) is 13.1. The SMILES string of the molecule is CCCc1cc(=O)oc2cc(O[C@H](C)C(=O)NC[C@H](O)c3ccccc3)c(Cl)cc12. The average molecular weight is 430 g/mol. The first-order chi connectivity index (χ1) is 14.4. The van der Waals surface area contributed by atoms with E-state index in [2.05, 4.69) is 5.32 Å². The predicted octanol–water partition coefficient (Wildman–Crippen LogP) is 4.02. The van der Waals surface area contributed by atoms with Crippen LogP contribution in [-0.4, -0.2) is 23.7 Å². The number of halogens is 1. The maximum absolute atomic E-state index is 12.4. The fourth-order valence-corrected chi connectivity index (χ4v) is 3.38. The van der Waals surface area contributed by atoms with E-state index in [1.54, 1.807) is 25.1 Å². The van der Waals surface area contributed by atoms with Gasteiger partial charge in [-0.1, -0.05) is 55.3 Å². The summed E-state index contributed by atoms with van der Waals surface area (Å²) in [7, 11) is 0. The molecule has 1 amide bonds. The Morgan fingerprint density at radius 3 is 2.67 bits per heavy atom. The second kappa shape index (κ2) is 9.78. The summed E-state index contributed by atoms with van der Waals surface area (Å²) in [6.45, 7) is 3.65. The van der Waals surface area contributed by atoms with Crippen LogP contribution in [0.25, 0.3) is 11.0 Å². The number of hydrogen-bond donors (Lipinski definition) is 2. The van der Waals surface area contributed by atoms with Gasteiger partial charge in [0, 0.05) is 24.1 Å². The molecular weight excluding hydrogens is 406 g/mol. The van der Waals surface area contributed by atoms with Gasteiger partial charge in [-0.2, -0.15) is 0 Å². The van der Waals surface area contributed by atoms with Crippen molar-refractivity contribution in [2.75, 3.05) is 6.54 Å². The number of carbonyl (C=O) groups excluding carboxylic acids is 1. The summed E-state index contributed by atoms with van der Waals surface area (Å²) in [6.07, 6.45) is -0.0897. The van der Waals surface area contributed by atoms with Crippen LogP contribution in [0.15, 0.2) is 57.7 Å². The number of carbonyl (C=O) groups is 1. The molecule has 7 heteroatoms. The van der Waals surface area contributed by atoms with Crippen LogP contribution in [0.2, 0.25) is 5.02 Å². The van der Waals surface area contributed by atoms with Crippen molar-refractivity contribution in [1.82, 2.24) is 5.32 Å². The molecular formula is C23H24ClNO5. The first kappa shape index (κ1) is 21.9. The zero-order valence-electron chi connectivity index (χ0n) is 16.9. The van der Waals surface area contributed by atoms with Gasteiger partial charge in [0.1, 0.15) is 11.3 Å². The third-order valence-electron chi connectivity index (χ3n) is 4.73. The molecule has 0 aliphatic carbocycles. The van der Waals surface area contributed by atoms with Gasteiger partial charge in [0.25, 0.3) is 5.91 Å². The summed E-state index contributed by atoms with van der Waals surface area (Å²) < 4.78 is 11.0. The van der Waals surface area contributed by atoms with Crippen molar-refractivity contribution >= 4 is 28.5 Å². The van der Waals surface area contributed by atoms with Crippen LogP contribution in [0.4, 0.5) is 0 Å². The maximum Gasteiger partial charge on any atom is 0.336 e. The molecule has 0 spiro atoms. The molecule has 1 aromatic heterocycles. The molecule has 0 saturated carbocycles. The molecule has 0 unspecified atom stereocenters. The van der Waals surface area contributed by atoms with Crippen molar-refractivity contribution in [2.45, 2.75) is 38.9 Å². The van der Waals surface area contributed by atoms with Crippen molar-refractivity contribution in [1.29, 1.82) is 0 Å². The Hall–Kier alpha value is -2.83. The van der Waals surface area contributed by atoms with Gasteiger partial charge in [0.15, 0.2) is 6.10 Å². The van der Waals surface area contributed by atoms with Crippen LogP contribution < -0.4 is 15.7 Å². The lowest BCUT2D eigenvalue weighted by molar-refractivity contribution is -0.127. The summed E-state index contributed by atoms with van der Waals surface area (Å²) in [5, 5.41) is 13.9. The van der Waals surface area contributed by atoms with Crippen molar-refractivity contribution in [2.24, 2.45) is 0 Å². The minimum absolute atomic E-state index is 0.0528. The van der Waals surface area contributed by atoms with E-state index in [-0.39, 0.29) is 12.3 Å². The molecule has 0 aliphatic heterocycles. The van der Waals surface area contributed by atoms with Crippen molar-refractivity contribution in [3.63, 3.8) is 0 Å². The molecule has 1 heterocycles. The van der Waals surface area contributed by atoms with Gasteiger partial charge in [-0.05, 0) is 30.5 Å². The molecule has 2 atom stereocenters. The van der Waals surface area contributed by atoms with E-state index in [0.29, 0.717) is 16.2 Å². The Balaban J connectivity index is 1.71. The van der Waals surface area contributed by atoms with Crippen molar-refractivity contribution < 1.29 is 19.1 Å². The number of aryl methyl sites for hydroxylation is 1. The highest BCUT2D eigenvalue weighted by atomic mass is 35.5. The van der Waals surface area contributed by atoms with Gasteiger partial charge in [-0.15, -0.1) is 0 Å². The number of benzene rings is 2. The molecule has 0 bridgehead atoms. The van der Waals surface area contributed by atoms with Crippen LogP contribution in [-0.2, 0) is 11.2 Å². The summed E-state index contributed by atoms with van der Waals surface area (Å²) >= 11 is 6.35. The standard InChI is InChI=1S/C23H24ClNO5/c1-3-7-16-10-22(27)30-20-12-21(18(24)11-17(16)20)29-14(2)23(28)25-13-19(26)15-8-5-4-6-9-15/h4-6,8-12,14,19,26H,3,7,13H2,1-2H3,(H,25,28)/t14-,19+/m1/s1. The molecule has 3 aromatic rings. The zero-order chi connectivity index (χ0) is 21.7. The van der Waals surface area contributed by atoms with Gasteiger partial charge in [-0.3, -0.25) is 4.79 Å². The second-order valence-electron chi connectivity index (χ2n) is 7.05. The van der Waals surface area contributed by atoms with Crippen LogP contribution in [0.3, 0.4) is 0 Å².